The molecule has 0 fully saturated rings. The maximum absolute atomic E-state index is 14.1. The highest BCUT2D eigenvalue weighted by Crippen LogP contribution is 2.41. The molecule has 0 spiro atoms. The Kier molecular flexibility index (Phi) is 4.86. The van der Waals surface area contributed by atoms with Crippen molar-refractivity contribution in [3.05, 3.63) is 64.1 Å². The van der Waals surface area contributed by atoms with Crippen LogP contribution < -0.4 is 0 Å². The summed E-state index contributed by atoms with van der Waals surface area (Å²) in [6.45, 7) is 0.154. The Balaban J connectivity index is 1.70. The van der Waals surface area contributed by atoms with Gasteiger partial charge in [0, 0.05) is 29.6 Å². The monoisotopic (exact) mass is 481 g/mol. The molecule has 10 heteroatoms. The molecule has 0 amide bonds. The van der Waals surface area contributed by atoms with Gasteiger partial charge in [-0.15, -0.1) is 0 Å². The van der Waals surface area contributed by atoms with Gasteiger partial charge in [-0.1, -0.05) is 6.07 Å². The topological polar surface area (TPSA) is 76.4 Å². The average Bonchev–Trinajstić information content (AvgIpc) is 3.20. The van der Waals surface area contributed by atoms with E-state index in [0.717, 1.165) is 6.07 Å². The largest absolute Gasteiger partial charge is 0.481 e. The zero-order valence-corrected chi connectivity index (χ0v) is 18.1. The van der Waals surface area contributed by atoms with E-state index in [4.69, 9.17) is 0 Å². The van der Waals surface area contributed by atoms with Gasteiger partial charge in [-0.05, 0) is 60.2 Å². The number of carboxylic acid groups (broad SMARTS) is 1. The number of halogens is 4. The number of fused-ring (bicyclic) bond motifs is 4. The molecule has 3 aromatic rings. The summed E-state index contributed by atoms with van der Waals surface area (Å²) in [4.78, 5) is 11.2. The lowest BCUT2D eigenvalue weighted by Gasteiger charge is -2.23. The average molecular weight is 481 g/mol. The molecule has 2 aliphatic rings. The molecule has 1 unspecified atom stereocenters. The zero-order valence-electron chi connectivity index (χ0n) is 17.2. The fraction of sp³-hybridized carbons (Fsp3) is 0.348. The summed E-state index contributed by atoms with van der Waals surface area (Å²) in [6, 6.07) is 6.05. The first-order chi connectivity index (χ1) is 15.5. The lowest BCUT2D eigenvalue weighted by atomic mass is 9.92. The maximum Gasteiger partial charge on any atom is 0.416 e. The number of sulfone groups is 1. The molecule has 1 atom stereocenters. The maximum atomic E-state index is 14.1. The highest BCUT2D eigenvalue weighted by molar-refractivity contribution is 7.91. The molecule has 0 bridgehead atoms. The quantitative estimate of drug-likeness (QED) is 0.564. The molecule has 0 aliphatic carbocycles. The van der Waals surface area contributed by atoms with Crippen LogP contribution in [0.15, 0.2) is 35.2 Å². The van der Waals surface area contributed by atoms with Crippen molar-refractivity contribution in [2.75, 3.05) is 5.75 Å². The van der Waals surface area contributed by atoms with Gasteiger partial charge in [0.2, 0.25) is 0 Å². The van der Waals surface area contributed by atoms with Crippen molar-refractivity contribution >= 4 is 26.7 Å². The standard InChI is InChI=1S/C23H19F4NO4S/c24-15-2-4-20-17(9-15)16(19-3-1-13(22(29)30)11-28(19)20)8-14-7-12-5-6-33(31,32)21(12)10-18(14)23(25,26)27/h2,4,7,9-10,13H,1,3,5-6,8,11H2,(H,29,30). The van der Waals surface area contributed by atoms with Gasteiger partial charge in [-0.3, -0.25) is 4.79 Å². The van der Waals surface area contributed by atoms with Crippen molar-refractivity contribution in [3.63, 3.8) is 0 Å². The van der Waals surface area contributed by atoms with Crippen LogP contribution in [0.1, 0.15) is 34.4 Å². The number of benzene rings is 2. The molecule has 2 aromatic carbocycles. The zero-order chi connectivity index (χ0) is 23.7. The lowest BCUT2D eigenvalue weighted by Crippen LogP contribution is -2.26. The fourth-order valence-corrected chi connectivity index (χ4v) is 6.65. The summed E-state index contributed by atoms with van der Waals surface area (Å²) in [6.07, 6.45) is -4.12. The Labute approximate surface area is 186 Å². The number of hydrogen-bond acceptors (Lipinski definition) is 3. The molecule has 5 nitrogen and oxygen atoms in total. The number of hydrogen-bond donors (Lipinski definition) is 1. The molecule has 174 valence electrons. The first-order valence-corrected chi connectivity index (χ1v) is 12.1. The molecule has 0 saturated heterocycles. The van der Waals surface area contributed by atoms with Crippen LogP contribution in [-0.2, 0) is 46.6 Å². The van der Waals surface area contributed by atoms with E-state index in [1.165, 1.54) is 24.3 Å². The first-order valence-electron chi connectivity index (χ1n) is 10.4. The van der Waals surface area contributed by atoms with Gasteiger partial charge in [0.1, 0.15) is 5.82 Å². The van der Waals surface area contributed by atoms with Crippen LogP contribution >= 0.6 is 0 Å². The SMILES string of the molecule is O=C(O)C1CCc2c(Cc3cc4c(cc3C(F)(F)F)S(=O)(=O)CC4)c3cc(F)ccc3n2C1. The Bertz CT molecular complexity index is 1420. The van der Waals surface area contributed by atoms with Crippen molar-refractivity contribution < 1.29 is 35.9 Å². The van der Waals surface area contributed by atoms with E-state index >= 15 is 0 Å². The van der Waals surface area contributed by atoms with Gasteiger partial charge in [-0.25, -0.2) is 12.8 Å². The normalized spacial score (nSPS) is 19.5. The van der Waals surface area contributed by atoms with Crippen molar-refractivity contribution in [2.24, 2.45) is 5.92 Å². The number of carboxylic acids is 1. The van der Waals surface area contributed by atoms with Crippen molar-refractivity contribution in [3.8, 4) is 0 Å². The van der Waals surface area contributed by atoms with Crippen LogP contribution in [-0.4, -0.2) is 29.8 Å². The van der Waals surface area contributed by atoms with Crippen molar-refractivity contribution in [1.82, 2.24) is 4.57 Å². The van der Waals surface area contributed by atoms with Crippen LogP contribution in [0.25, 0.3) is 10.9 Å². The molecule has 1 N–H and O–H groups in total. The molecule has 5 rings (SSSR count). The minimum absolute atomic E-state index is 0.0710. The Morgan fingerprint density at radius 1 is 1.15 bits per heavy atom. The summed E-state index contributed by atoms with van der Waals surface area (Å²) >= 11 is 0. The summed E-state index contributed by atoms with van der Waals surface area (Å²) in [5, 5.41) is 9.87. The van der Waals surface area contributed by atoms with Crippen molar-refractivity contribution in [1.29, 1.82) is 0 Å². The number of aliphatic carboxylic acids is 1. The third kappa shape index (κ3) is 3.60. The summed E-state index contributed by atoms with van der Waals surface area (Å²) in [7, 11) is -3.75. The molecular weight excluding hydrogens is 462 g/mol. The minimum atomic E-state index is -4.77. The van der Waals surface area contributed by atoms with E-state index in [-0.39, 0.29) is 35.6 Å². The minimum Gasteiger partial charge on any atom is -0.481 e. The third-order valence-corrected chi connectivity index (χ3v) is 8.46. The summed E-state index contributed by atoms with van der Waals surface area (Å²) < 4.78 is 82.0. The predicted molar refractivity (Wildman–Crippen MR) is 111 cm³/mol. The highest BCUT2D eigenvalue weighted by atomic mass is 32.2. The molecule has 0 radical (unpaired) electrons. The number of alkyl halides is 3. The smallest absolute Gasteiger partial charge is 0.416 e. The lowest BCUT2D eigenvalue weighted by molar-refractivity contribution is -0.142. The Hall–Kier alpha value is -2.88. The second-order valence-corrected chi connectivity index (χ2v) is 10.7. The molecule has 1 aromatic heterocycles. The summed E-state index contributed by atoms with van der Waals surface area (Å²) in [5.74, 6) is -2.36. The first kappa shape index (κ1) is 21.9. The second-order valence-electron chi connectivity index (χ2n) is 8.63. The summed E-state index contributed by atoms with van der Waals surface area (Å²) in [5.41, 5.74) is 1.04. The Morgan fingerprint density at radius 2 is 1.91 bits per heavy atom. The molecule has 2 aliphatic heterocycles. The van der Waals surface area contributed by atoms with E-state index in [2.05, 4.69) is 0 Å². The van der Waals surface area contributed by atoms with E-state index in [1.54, 1.807) is 4.57 Å². The molecule has 3 heterocycles. The van der Waals surface area contributed by atoms with Gasteiger partial charge in [0.25, 0.3) is 0 Å². The van der Waals surface area contributed by atoms with Gasteiger partial charge in [-0.2, -0.15) is 13.2 Å². The van der Waals surface area contributed by atoms with Crippen LogP contribution in [0.5, 0.6) is 0 Å². The number of aromatic nitrogens is 1. The van der Waals surface area contributed by atoms with E-state index in [0.29, 0.717) is 40.6 Å². The number of nitrogens with zero attached hydrogens (tertiary/aromatic N) is 1. The predicted octanol–water partition coefficient (Wildman–Crippen LogP) is 4.37. The van der Waals surface area contributed by atoms with Crippen LogP contribution in [0.3, 0.4) is 0 Å². The van der Waals surface area contributed by atoms with Crippen LogP contribution in [0.4, 0.5) is 17.6 Å². The number of rotatable bonds is 3. The van der Waals surface area contributed by atoms with Gasteiger partial charge < -0.3 is 9.67 Å². The second kappa shape index (κ2) is 7.31. The van der Waals surface area contributed by atoms with Gasteiger partial charge in [0.15, 0.2) is 9.84 Å². The highest BCUT2D eigenvalue weighted by Gasteiger charge is 2.38. The third-order valence-electron chi connectivity index (χ3n) is 6.66. The number of aryl methyl sites for hydroxylation is 1. The fourth-order valence-electron chi connectivity index (χ4n) is 5.08. The molecule has 33 heavy (non-hydrogen) atoms. The van der Waals surface area contributed by atoms with E-state index in [1.807, 2.05) is 0 Å². The molecule has 0 saturated carbocycles. The van der Waals surface area contributed by atoms with Crippen LogP contribution in [0, 0.1) is 11.7 Å². The Morgan fingerprint density at radius 3 is 2.61 bits per heavy atom. The van der Waals surface area contributed by atoms with E-state index < -0.39 is 39.3 Å². The van der Waals surface area contributed by atoms with Gasteiger partial charge in [0.05, 0.1) is 22.1 Å². The van der Waals surface area contributed by atoms with Gasteiger partial charge >= 0.3 is 12.1 Å². The number of carbonyl (C=O) groups is 1. The van der Waals surface area contributed by atoms with Crippen LogP contribution in [0.2, 0.25) is 0 Å². The van der Waals surface area contributed by atoms with E-state index in [9.17, 15) is 35.9 Å². The van der Waals surface area contributed by atoms with Crippen molar-refractivity contribution in [2.45, 2.75) is 43.3 Å². The molecular formula is C23H19F4NO4S.